The van der Waals surface area contributed by atoms with Gasteiger partial charge in [0.2, 0.25) is 0 Å². The lowest BCUT2D eigenvalue weighted by molar-refractivity contribution is -0.120. The Morgan fingerprint density at radius 2 is 1.77 bits per heavy atom. The lowest BCUT2D eigenvalue weighted by Crippen LogP contribution is -2.50. The van der Waals surface area contributed by atoms with Crippen molar-refractivity contribution in [2.45, 2.75) is 52.7 Å². The van der Waals surface area contributed by atoms with Crippen LogP contribution in [-0.2, 0) is 9.53 Å². The highest BCUT2D eigenvalue weighted by Crippen LogP contribution is 2.13. The van der Waals surface area contributed by atoms with E-state index in [0.29, 0.717) is 6.42 Å². The number of carbonyl (C=O) groups excluding carboxylic acids is 3. The van der Waals surface area contributed by atoms with E-state index in [2.05, 4.69) is 10.1 Å². The molecule has 140 valence electrons. The van der Waals surface area contributed by atoms with E-state index >= 15 is 0 Å². The maximum Gasteiger partial charge on any atom is 0.408 e. The average molecular weight is 359 g/mol. The van der Waals surface area contributed by atoms with Gasteiger partial charge in [0.15, 0.2) is 0 Å². The molecule has 0 spiro atoms. The molecule has 26 heavy (non-hydrogen) atoms. The van der Waals surface area contributed by atoms with E-state index in [-0.39, 0.29) is 11.5 Å². The van der Waals surface area contributed by atoms with Crippen LogP contribution in [0.15, 0.2) is 30.3 Å². The van der Waals surface area contributed by atoms with Crippen molar-refractivity contribution in [1.82, 2.24) is 5.32 Å². The van der Waals surface area contributed by atoms with Gasteiger partial charge in [-0.25, -0.2) is 4.79 Å². The fourth-order valence-corrected chi connectivity index (χ4v) is 2.22. The molecule has 0 bridgehead atoms. The summed E-state index contributed by atoms with van der Waals surface area (Å²) in [6.07, 6.45) is -0.217. The van der Waals surface area contributed by atoms with Crippen LogP contribution >= 0.6 is 0 Å². The summed E-state index contributed by atoms with van der Waals surface area (Å²) in [6, 6.07) is 6.98. The number of ketones is 2. The minimum Gasteiger partial charge on any atom is -0.444 e. The summed E-state index contributed by atoms with van der Waals surface area (Å²) < 4.78 is 5.18. The lowest BCUT2D eigenvalue weighted by atomic mass is 9.90. The minimum absolute atomic E-state index is 0.216. The predicted octanol–water partition coefficient (Wildman–Crippen LogP) is 3.05. The van der Waals surface area contributed by atoms with E-state index in [1.54, 1.807) is 45.9 Å². The number of hydrogen-bond donors (Lipinski definition) is 1. The molecular weight excluding hydrogens is 334 g/mol. The Morgan fingerprint density at radius 1 is 1.19 bits per heavy atom. The van der Waals surface area contributed by atoms with Crippen molar-refractivity contribution in [2.75, 3.05) is 0 Å². The van der Waals surface area contributed by atoms with E-state index < -0.39 is 35.0 Å². The van der Waals surface area contributed by atoms with Gasteiger partial charge in [0, 0.05) is 5.56 Å². The number of ether oxygens (including phenoxy) is 1. The zero-order valence-corrected chi connectivity index (χ0v) is 15.8. The quantitative estimate of drug-likeness (QED) is 0.265. The molecule has 0 heterocycles. The van der Waals surface area contributed by atoms with Gasteiger partial charge in [0.1, 0.15) is 11.6 Å². The number of amides is 1. The van der Waals surface area contributed by atoms with Gasteiger partial charge in [0.25, 0.3) is 11.6 Å². The number of rotatable bonds is 7. The van der Waals surface area contributed by atoms with Crippen molar-refractivity contribution >= 4 is 23.4 Å². The Labute approximate surface area is 153 Å². The third-order valence-corrected chi connectivity index (χ3v) is 3.75. The molecule has 1 N–H and O–H groups in total. The molecule has 0 aliphatic carbocycles. The van der Waals surface area contributed by atoms with Gasteiger partial charge in [-0.15, -0.1) is 0 Å². The van der Waals surface area contributed by atoms with E-state index in [0.717, 1.165) is 0 Å². The van der Waals surface area contributed by atoms with Crippen LogP contribution in [0.4, 0.5) is 4.79 Å². The van der Waals surface area contributed by atoms with Crippen LogP contribution in [0.1, 0.15) is 51.4 Å². The smallest absolute Gasteiger partial charge is 0.408 e. The Morgan fingerprint density at radius 3 is 2.23 bits per heavy atom. The topological polar surface area (TPSA) is 109 Å². The third-order valence-electron chi connectivity index (χ3n) is 3.75. The number of hydrogen-bond acceptors (Lipinski definition) is 4. The van der Waals surface area contributed by atoms with Crippen LogP contribution in [0.25, 0.3) is 5.53 Å². The number of Topliss-reactive ketones (excluding diaryl/α,β-unsaturated/α-hetero) is 2. The second kappa shape index (κ2) is 9.06. The second-order valence-electron chi connectivity index (χ2n) is 7.02. The van der Waals surface area contributed by atoms with Crippen molar-refractivity contribution in [3.05, 3.63) is 41.4 Å². The molecule has 0 unspecified atom stereocenters. The zero-order chi connectivity index (χ0) is 19.9. The summed E-state index contributed by atoms with van der Waals surface area (Å²) in [5, 5.41) is 2.49. The fourth-order valence-electron chi connectivity index (χ4n) is 2.22. The van der Waals surface area contributed by atoms with Crippen LogP contribution in [0, 0.1) is 5.92 Å². The van der Waals surface area contributed by atoms with Gasteiger partial charge in [-0.05, 0) is 26.7 Å². The van der Waals surface area contributed by atoms with Gasteiger partial charge in [-0.3, -0.25) is 9.59 Å². The molecule has 1 amide bonds. The maximum absolute atomic E-state index is 12.8. The van der Waals surface area contributed by atoms with Crippen LogP contribution in [-0.4, -0.2) is 39.8 Å². The molecule has 0 saturated carbocycles. The molecule has 0 aliphatic heterocycles. The molecule has 1 rings (SSSR count). The summed E-state index contributed by atoms with van der Waals surface area (Å²) in [5.41, 5.74) is 8.11. The second-order valence-corrected chi connectivity index (χ2v) is 7.02. The normalized spacial score (nSPS) is 13.1. The summed E-state index contributed by atoms with van der Waals surface area (Å²) in [5.74, 6) is -1.77. The van der Waals surface area contributed by atoms with Crippen molar-refractivity contribution < 1.29 is 23.9 Å². The lowest BCUT2D eigenvalue weighted by Gasteiger charge is -2.25. The molecule has 7 heteroatoms. The molecule has 0 fully saturated rings. The Kier molecular flexibility index (Phi) is 7.41. The highest BCUT2D eigenvalue weighted by molar-refractivity contribution is 6.68. The first-order valence-corrected chi connectivity index (χ1v) is 8.46. The van der Waals surface area contributed by atoms with Crippen molar-refractivity contribution in [3.63, 3.8) is 0 Å². The average Bonchev–Trinajstić information content (AvgIpc) is 2.58. The minimum atomic E-state index is -1.05. The van der Waals surface area contributed by atoms with E-state index in [1.165, 1.54) is 12.1 Å². The Balaban J connectivity index is 3.09. The van der Waals surface area contributed by atoms with Crippen LogP contribution in [0.2, 0.25) is 0 Å². The van der Waals surface area contributed by atoms with Crippen LogP contribution in [0.3, 0.4) is 0 Å². The van der Waals surface area contributed by atoms with Gasteiger partial charge in [0.05, 0.1) is 0 Å². The molecule has 7 nitrogen and oxygen atoms in total. The Hall–Kier alpha value is -2.79. The van der Waals surface area contributed by atoms with Crippen molar-refractivity contribution in [2.24, 2.45) is 5.92 Å². The van der Waals surface area contributed by atoms with E-state index in [4.69, 9.17) is 4.74 Å². The van der Waals surface area contributed by atoms with E-state index in [9.17, 15) is 19.9 Å². The van der Waals surface area contributed by atoms with Crippen LogP contribution in [0.5, 0.6) is 0 Å². The number of nitrogens with zero attached hydrogens (tertiary/aromatic N) is 2. The summed E-state index contributed by atoms with van der Waals surface area (Å²) in [7, 11) is 0. The SMILES string of the molecule is CC[C@H](C)[C@H](NC(=O)OC(C)(C)C)C(=O)C(=[N+]=[N-])C(=O)c1ccccc1. The molecule has 0 saturated heterocycles. The molecule has 0 aliphatic rings. The van der Waals surface area contributed by atoms with Gasteiger partial charge < -0.3 is 15.6 Å². The highest BCUT2D eigenvalue weighted by atomic mass is 16.6. The first-order chi connectivity index (χ1) is 12.1. The van der Waals surface area contributed by atoms with Crippen molar-refractivity contribution in [1.29, 1.82) is 0 Å². The summed E-state index contributed by atoms with van der Waals surface area (Å²) in [4.78, 5) is 40.3. The summed E-state index contributed by atoms with van der Waals surface area (Å²) in [6.45, 7) is 8.70. The number of benzene rings is 1. The number of carbonyl (C=O) groups is 3. The Bertz CT molecular complexity index is 716. The molecule has 1 aromatic carbocycles. The zero-order valence-electron chi connectivity index (χ0n) is 15.8. The van der Waals surface area contributed by atoms with Gasteiger partial charge in [-0.2, -0.15) is 4.79 Å². The van der Waals surface area contributed by atoms with Gasteiger partial charge in [-0.1, -0.05) is 50.6 Å². The monoisotopic (exact) mass is 359 g/mol. The molecular formula is C19H25N3O4. The number of alkyl carbamates (subject to hydrolysis) is 1. The standard InChI is InChI=1S/C19H25N3O4/c1-6-12(2)14(21-18(25)26-19(3,4)5)17(24)15(22-20)16(23)13-10-8-7-9-11-13/h7-12,14H,6H2,1-5H3,(H,21,25)/t12-,14-/m0/s1. The third kappa shape index (κ3) is 5.93. The molecule has 0 radical (unpaired) electrons. The fraction of sp³-hybridized carbons (Fsp3) is 0.474. The predicted molar refractivity (Wildman–Crippen MR) is 97.0 cm³/mol. The van der Waals surface area contributed by atoms with Gasteiger partial charge >= 0.3 is 11.8 Å². The molecule has 0 aromatic heterocycles. The first kappa shape index (κ1) is 21.3. The van der Waals surface area contributed by atoms with E-state index in [1.807, 2.05) is 6.92 Å². The maximum atomic E-state index is 12.8. The number of nitrogens with one attached hydrogen (secondary N) is 1. The largest absolute Gasteiger partial charge is 0.444 e. The van der Waals surface area contributed by atoms with Crippen LogP contribution < -0.4 is 5.32 Å². The first-order valence-electron chi connectivity index (χ1n) is 8.46. The summed E-state index contributed by atoms with van der Waals surface area (Å²) >= 11 is 0. The highest BCUT2D eigenvalue weighted by Gasteiger charge is 2.39. The molecule has 1 aromatic rings. The molecule has 2 atom stereocenters. The van der Waals surface area contributed by atoms with Crippen molar-refractivity contribution in [3.8, 4) is 0 Å².